The molecule has 3 N–H and O–H groups in total. The van der Waals surface area contributed by atoms with Gasteiger partial charge < -0.3 is 15.7 Å². The lowest BCUT2D eigenvalue weighted by Gasteiger charge is -2.30. The zero-order chi connectivity index (χ0) is 16.3. The molecule has 4 nitrogen and oxygen atoms in total. The van der Waals surface area contributed by atoms with Crippen molar-refractivity contribution in [3.63, 3.8) is 0 Å². The van der Waals surface area contributed by atoms with Gasteiger partial charge in [0.25, 0.3) is 5.91 Å². The number of fused-ring (bicyclic) bond motifs is 1. The molecule has 0 saturated carbocycles. The fourth-order valence-electron chi connectivity index (χ4n) is 3.28. The molecule has 1 aliphatic carbocycles. The average molecular weight is 310 g/mol. The fraction of sp³-hybridized carbons (Fsp3) is 0.316. The molecule has 0 fully saturated rings. The summed E-state index contributed by atoms with van der Waals surface area (Å²) in [5.41, 5.74) is 3.89. The van der Waals surface area contributed by atoms with Gasteiger partial charge in [-0.1, -0.05) is 36.4 Å². The Morgan fingerprint density at radius 1 is 1.17 bits per heavy atom. The van der Waals surface area contributed by atoms with E-state index in [0.29, 0.717) is 12.1 Å². The van der Waals surface area contributed by atoms with Gasteiger partial charge in [-0.3, -0.25) is 4.79 Å². The highest BCUT2D eigenvalue weighted by molar-refractivity contribution is 5.93. The highest BCUT2D eigenvalue weighted by Gasteiger charge is 2.37. The topological polar surface area (TPSA) is 61.4 Å². The van der Waals surface area contributed by atoms with Crippen molar-refractivity contribution in [1.29, 1.82) is 0 Å². The number of aliphatic hydroxyl groups excluding tert-OH is 1. The molecule has 1 unspecified atom stereocenters. The Labute approximate surface area is 136 Å². The lowest BCUT2D eigenvalue weighted by molar-refractivity contribution is 0.0963. The number of hydrogen-bond donors (Lipinski definition) is 3. The van der Waals surface area contributed by atoms with Crippen molar-refractivity contribution >= 4 is 5.91 Å². The Kier molecular flexibility index (Phi) is 4.46. The Bertz CT molecular complexity index is 697. The zero-order valence-corrected chi connectivity index (χ0v) is 13.3. The summed E-state index contributed by atoms with van der Waals surface area (Å²) in [6.07, 6.45) is 1.89. The summed E-state index contributed by atoms with van der Waals surface area (Å²) in [5, 5.41) is 16.1. The molecule has 120 valence electrons. The van der Waals surface area contributed by atoms with Gasteiger partial charge in [0.1, 0.15) is 0 Å². The van der Waals surface area contributed by atoms with Gasteiger partial charge in [-0.25, -0.2) is 0 Å². The minimum Gasteiger partial charge on any atom is -0.394 e. The molecular formula is C19H22N2O2. The standard InChI is InChI=1S/C19H22N2O2/c1-20-18(23)16-8-6-14(7-9-16)12-21-19(13-22)11-10-15-4-2-3-5-17(15)19/h2-9,21-22H,10-13H2,1H3,(H,20,23). The second-order valence-corrected chi connectivity index (χ2v) is 6.03. The first-order valence-corrected chi connectivity index (χ1v) is 7.94. The van der Waals surface area contributed by atoms with Crippen molar-refractivity contribution < 1.29 is 9.90 Å². The maximum Gasteiger partial charge on any atom is 0.251 e. The molecule has 1 aliphatic rings. The first kappa shape index (κ1) is 15.7. The highest BCUT2D eigenvalue weighted by Crippen LogP contribution is 2.36. The molecule has 2 aromatic carbocycles. The van der Waals surface area contributed by atoms with Crippen LogP contribution in [0.5, 0.6) is 0 Å². The summed E-state index contributed by atoms with van der Waals surface area (Å²) >= 11 is 0. The van der Waals surface area contributed by atoms with Crippen LogP contribution in [0.25, 0.3) is 0 Å². The maximum atomic E-state index is 11.6. The molecule has 0 bridgehead atoms. The predicted octanol–water partition coefficient (Wildman–Crippen LogP) is 1.97. The third-order valence-electron chi connectivity index (χ3n) is 4.70. The van der Waals surface area contributed by atoms with Crippen LogP contribution in [0.3, 0.4) is 0 Å². The number of carbonyl (C=O) groups is 1. The molecule has 3 rings (SSSR count). The summed E-state index contributed by atoms with van der Waals surface area (Å²) in [7, 11) is 1.63. The smallest absolute Gasteiger partial charge is 0.251 e. The predicted molar refractivity (Wildman–Crippen MR) is 90.2 cm³/mol. The Hall–Kier alpha value is -2.17. The van der Waals surface area contributed by atoms with Crippen LogP contribution in [0.1, 0.15) is 33.5 Å². The van der Waals surface area contributed by atoms with E-state index in [1.54, 1.807) is 7.05 Å². The van der Waals surface area contributed by atoms with Gasteiger partial charge >= 0.3 is 0 Å². The summed E-state index contributed by atoms with van der Waals surface area (Å²) in [6.45, 7) is 0.739. The van der Waals surface area contributed by atoms with Gasteiger partial charge in [0, 0.05) is 19.2 Å². The van der Waals surface area contributed by atoms with Crippen molar-refractivity contribution in [2.24, 2.45) is 0 Å². The van der Waals surface area contributed by atoms with Crippen LogP contribution in [0.2, 0.25) is 0 Å². The quantitative estimate of drug-likeness (QED) is 0.791. The van der Waals surface area contributed by atoms with Crippen LogP contribution >= 0.6 is 0 Å². The molecular weight excluding hydrogens is 288 g/mol. The number of rotatable bonds is 5. The Balaban J connectivity index is 1.73. The molecule has 0 spiro atoms. The average Bonchev–Trinajstić information content (AvgIpc) is 2.99. The van der Waals surface area contributed by atoms with Crippen molar-refractivity contribution in [2.75, 3.05) is 13.7 Å². The monoisotopic (exact) mass is 310 g/mol. The second-order valence-electron chi connectivity index (χ2n) is 6.03. The van der Waals surface area contributed by atoms with E-state index in [-0.39, 0.29) is 18.1 Å². The minimum absolute atomic E-state index is 0.0824. The van der Waals surface area contributed by atoms with Gasteiger partial charge in [0.05, 0.1) is 12.1 Å². The lowest BCUT2D eigenvalue weighted by atomic mass is 9.92. The van der Waals surface area contributed by atoms with Crippen LogP contribution in [0.15, 0.2) is 48.5 Å². The minimum atomic E-state index is -0.365. The van der Waals surface area contributed by atoms with E-state index in [0.717, 1.165) is 18.4 Å². The molecule has 4 heteroatoms. The molecule has 1 amide bonds. The summed E-state index contributed by atoms with van der Waals surface area (Å²) in [6, 6.07) is 15.8. The lowest BCUT2D eigenvalue weighted by Crippen LogP contribution is -2.43. The van der Waals surface area contributed by atoms with Gasteiger partial charge in [-0.2, -0.15) is 0 Å². The van der Waals surface area contributed by atoms with Gasteiger partial charge in [-0.05, 0) is 41.7 Å². The van der Waals surface area contributed by atoms with Crippen molar-refractivity contribution in [3.05, 3.63) is 70.8 Å². The van der Waals surface area contributed by atoms with Crippen LogP contribution in [0, 0.1) is 0 Å². The summed E-state index contributed by atoms with van der Waals surface area (Å²) in [5.74, 6) is -0.0824. The van der Waals surface area contributed by atoms with E-state index in [1.807, 2.05) is 36.4 Å². The van der Waals surface area contributed by atoms with E-state index in [1.165, 1.54) is 11.1 Å². The first-order valence-electron chi connectivity index (χ1n) is 7.94. The molecule has 0 aliphatic heterocycles. The Morgan fingerprint density at radius 3 is 2.61 bits per heavy atom. The zero-order valence-electron chi connectivity index (χ0n) is 13.3. The molecule has 0 aromatic heterocycles. The Morgan fingerprint density at radius 2 is 1.91 bits per heavy atom. The summed E-state index contributed by atoms with van der Waals surface area (Å²) < 4.78 is 0. The third kappa shape index (κ3) is 3.00. The third-order valence-corrected chi connectivity index (χ3v) is 4.70. The van der Waals surface area contributed by atoms with Gasteiger partial charge in [-0.15, -0.1) is 0 Å². The van der Waals surface area contributed by atoms with Crippen LogP contribution < -0.4 is 10.6 Å². The molecule has 0 radical (unpaired) electrons. The van der Waals surface area contributed by atoms with Gasteiger partial charge in [0.2, 0.25) is 0 Å². The van der Waals surface area contributed by atoms with Crippen LogP contribution in [0.4, 0.5) is 0 Å². The molecule has 1 atom stereocenters. The van der Waals surface area contributed by atoms with E-state index < -0.39 is 0 Å². The van der Waals surface area contributed by atoms with E-state index in [9.17, 15) is 9.90 Å². The van der Waals surface area contributed by atoms with Crippen molar-refractivity contribution in [1.82, 2.24) is 10.6 Å². The van der Waals surface area contributed by atoms with E-state index in [4.69, 9.17) is 0 Å². The van der Waals surface area contributed by atoms with Crippen molar-refractivity contribution in [3.8, 4) is 0 Å². The fourth-order valence-corrected chi connectivity index (χ4v) is 3.28. The number of hydrogen-bond acceptors (Lipinski definition) is 3. The molecule has 23 heavy (non-hydrogen) atoms. The molecule has 0 saturated heterocycles. The number of amides is 1. The molecule has 2 aromatic rings. The summed E-state index contributed by atoms with van der Waals surface area (Å²) in [4.78, 5) is 11.6. The van der Waals surface area contributed by atoms with Crippen LogP contribution in [-0.2, 0) is 18.5 Å². The SMILES string of the molecule is CNC(=O)c1ccc(CNC2(CO)CCc3ccccc32)cc1. The number of aryl methyl sites for hydroxylation is 1. The first-order chi connectivity index (χ1) is 11.2. The van der Waals surface area contributed by atoms with Gasteiger partial charge in [0.15, 0.2) is 0 Å². The second kappa shape index (κ2) is 6.52. The molecule has 0 heterocycles. The number of nitrogens with one attached hydrogen (secondary N) is 2. The number of carbonyl (C=O) groups excluding carboxylic acids is 1. The van der Waals surface area contributed by atoms with Crippen molar-refractivity contribution in [2.45, 2.75) is 24.9 Å². The number of benzene rings is 2. The largest absolute Gasteiger partial charge is 0.394 e. The highest BCUT2D eigenvalue weighted by atomic mass is 16.3. The van der Waals surface area contributed by atoms with E-state index >= 15 is 0 Å². The van der Waals surface area contributed by atoms with E-state index in [2.05, 4.69) is 22.8 Å². The maximum absolute atomic E-state index is 11.6. The normalized spacial score (nSPS) is 19.4. The van der Waals surface area contributed by atoms with Crippen LogP contribution in [-0.4, -0.2) is 24.7 Å². The number of aliphatic hydroxyl groups is 1.